The molecule has 0 spiro atoms. The van der Waals surface area contributed by atoms with Gasteiger partial charge in [-0.3, -0.25) is 4.79 Å². The number of amides is 1. The maximum Gasteiger partial charge on any atom is 0.338 e. The Hall–Kier alpha value is -2.81. The lowest BCUT2D eigenvalue weighted by Crippen LogP contribution is -2.45. The summed E-state index contributed by atoms with van der Waals surface area (Å²) in [4.78, 5) is 26.2. The highest BCUT2D eigenvalue weighted by molar-refractivity contribution is 7.80. The minimum Gasteiger partial charge on any atom is -0.490 e. The molecule has 1 aliphatic rings. The second kappa shape index (κ2) is 10.3. The number of likely N-dealkylation sites (N-methyl/N-ethyl adjacent to an activating group) is 1. The molecular formula is C21H29N3O5S. The maximum atomic E-state index is 12.6. The van der Waals surface area contributed by atoms with Crippen molar-refractivity contribution in [1.82, 2.24) is 15.5 Å². The van der Waals surface area contributed by atoms with E-state index in [0.717, 1.165) is 5.56 Å². The first-order valence-electron chi connectivity index (χ1n) is 9.79. The molecule has 164 valence electrons. The minimum absolute atomic E-state index is 0.157. The Labute approximate surface area is 182 Å². The first-order valence-corrected chi connectivity index (χ1v) is 10.2. The van der Waals surface area contributed by atoms with E-state index in [1.807, 2.05) is 13.0 Å². The van der Waals surface area contributed by atoms with Gasteiger partial charge in [-0.25, -0.2) is 4.79 Å². The third kappa shape index (κ3) is 5.41. The van der Waals surface area contributed by atoms with Gasteiger partial charge in [0.25, 0.3) is 5.91 Å². The van der Waals surface area contributed by atoms with Gasteiger partial charge in [-0.15, -0.1) is 0 Å². The number of thiocarbonyl (C=S) groups is 1. The van der Waals surface area contributed by atoms with Crippen molar-refractivity contribution < 1.29 is 23.8 Å². The van der Waals surface area contributed by atoms with Gasteiger partial charge in [0.05, 0.1) is 24.8 Å². The molecule has 0 aliphatic carbocycles. The number of hydrogen-bond donors (Lipinski definition) is 2. The van der Waals surface area contributed by atoms with Crippen molar-refractivity contribution in [3.63, 3.8) is 0 Å². The van der Waals surface area contributed by atoms with Crippen molar-refractivity contribution in [2.45, 2.75) is 39.8 Å². The van der Waals surface area contributed by atoms with Crippen molar-refractivity contribution in [2.75, 3.05) is 27.3 Å². The number of carbonyl (C=O) groups excluding carboxylic acids is 2. The average Bonchev–Trinajstić information content (AvgIpc) is 2.68. The molecule has 2 rings (SSSR count). The van der Waals surface area contributed by atoms with Gasteiger partial charge in [0.2, 0.25) is 0 Å². The summed E-state index contributed by atoms with van der Waals surface area (Å²) in [6.07, 6.45) is -0.674. The topological polar surface area (TPSA) is 89.1 Å². The number of carbonyl (C=O) groups is 2. The van der Waals surface area contributed by atoms with Gasteiger partial charge in [-0.1, -0.05) is 6.07 Å². The van der Waals surface area contributed by atoms with E-state index in [1.54, 1.807) is 47.0 Å². The van der Waals surface area contributed by atoms with Gasteiger partial charge >= 0.3 is 5.97 Å². The Morgan fingerprint density at radius 2 is 1.90 bits per heavy atom. The molecule has 0 saturated heterocycles. The third-order valence-corrected chi connectivity index (χ3v) is 4.68. The van der Waals surface area contributed by atoms with Crippen LogP contribution < -0.4 is 20.1 Å². The Bertz CT molecular complexity index is 853. The fraction of sp³-hybridized carbons (Fsp3) is 0.476. The summed E-state index contributed by atoms with van der Waals surface area (Å²) in [5.74, 6) is 0.333. The third-order valence-electron chi connectivity index (χ3n) is 4.46. The SMILES string of the molecule is CCOC(=O)C1=C(C)NC(=S)N[C@@H]1c1ccc(O[C@H](C)C(=O)N(C)C)c(OCC)c1. The highest BCUT2D eigenvalue weighted by Gasteiger charge is 2.31. The predicted octanol–water partition coefficient (Wildman–Crippen LogP) is 2.30. The first-order chi connectivity index (χ1) is 14.2. The zero-order chi connectivity index (χ0) is 22.4. The summed E-state index contributed by atoms with van der Waals surface area (Å²) in [6, 6.07) is 4.81. The Morgan fingerprint density at radius 1 is 1.20 bits per heavy atom. The van der Waals surface area contributed by atoms with Crippen molar-refractivity contribution in [1.29, 1.82) is 0 Å². The van der Waals surface area contributed by atoms with E-state index >= 15 is 0 Å². The number of allylic oxidation sites excluding steroid dienone is 1. The van der Waals surface area contributed by atoms with E-state index in [1.165, 1.54) is 4.90 Å². The Balaban J connectivity index is 2.42. The standard InChI is InChI=1S/C21H29N3O5S/c1-7-27-16-11-14(9-10-15(16)29-13(4)19(25)24(5)6)18-17(20(26)28-8-2)12(3)22-21(30)23-18/h9-11,13,18H,7-8H2,1-6H3,(H2,22,23,30)/t13-,18-/m1/s1. The summed E-state index contributed by atoms with van der Waals surface area (Å²) >= 11 is 5.28. The number of nitrogens with zero attached hydrogens (tertiary/aromatic N) is 1. The van der Waals surface area contributed by atoms with Crippen LogP contribution in [0.3, 0.4) is 0 Å². The van der Waals surface area contributed by atoms with Crippen LogP contribution >= 0.6 is 12.2 Å². The summed E-state index contributed by atoms with van der Waals surface area (Å²) in [6.45, 7) is 7.75. The van der Waals surface area contributed by atoms with Crippen molar-refractivity contribution in [3.05, 3.63) is 35.0 Å². The molecule has 1 heterocycles. The quantitative estimate of drug-likeness (QED) is 0.475. The molecule has 1 aromatic rings. The van der Waals surface area contributed by atoms with E-state index in [-0.39, 0.29) is 12.5 Å². The highest BCUT2D eigenvalue weighted by atomic mass is 32.1. The van der Waals surface area contributed by atoms with Gasteiger partial charge < -0.3 is 29.7 Å². The number of hydrogen-bond acceptors (Lipinski definition) is 6. The molecule has 0 radical (unpaired) electrons. The minimum atomic E-state index is -0.674. The van der Waals surface area contributed by atoms with E-state index in [0.29, 0.717) is 34.5 Å². The van der Waals surface area contributed by atoms with E-state index in [9.17, 15) is 9.59 Å². The molecule has 1 aromatic carbocycles. The van der Waals surface area contributed by atoms with Crippen LogP contribution in [-0.4, -0.2) is 55.3 Å². The van der Waals surface area contributed by atoms with Gasteiger partial charge in [0.1, 0.15) is 0 Å². The summed E-state index contributed by atoms with van der Waals surface area (Å²) < 4.78 is 16.8. The summed E-state index contributed by atoms with van der Waals surface area (Å²) in [7, 11) is 3.35. The molecule has 2 atom stereocenters. The number of benzene rings is 1. The molecule has 9 heteroatoms. The molecule has 1 aliphatic heterocycles. The lowest BCUT2D eigenvalue weighted by molar-refractivity contribution is -0.139. The fourth-order valence-corrected chi connectivity index (χ4v) is 3.37. The van der Waals surface area contributed by atoms with Crippen LogP contribution in [0.2, 0.25) is 0 Å². The fourth-order valence-electron chi connectivity index (χ4n) is 3.10. The number of ether oxygens (including phenoxy) is 3. The first kappa shape index (κ1) is 23.5. The number of nitrogens with one attached hydrogen (secondary N) is 2. The lowest BCUT2D eigenvalue weighted by atomic mass is 9.95. The second-order valence-electron chi connectivity index (χ2n) is 6.92. The van der Waals surface area contributed by atoms with Crippen LogP contribution in [0.4, 0.5) is 0 Å². The Kier molecular flexibility index (Phi) is 8.05. The largest absolute Gasteiger partial charge is 0.490 e. The molecule has 1 amide bonds. The lowest BCUT2D eigenvalue weighted by Gasteiger charge is -2.30. The zero-order valence-corrected chi connectivity index (χ0v) is 19.0. The summed E-state index contributed by atoms with van der Waals surface area (Å²) in [5, 5.41) is 6.50. The van der Waals surface area contributed by atoms with Crippen molar-refractivity contribution in [2.24, 2.45) is 0 Å². The van der Waals surface area contributed by atoms with Crippen LogP contribution in [0.15, 0.2) is 29.5 Å². The van der Waals surface area contributed by atoms with Crippen LogP contribution in [0.1, 0.15) is 39.3 Å². The average molecular weight is 436 g/mol. The number of esters is 1. The van der Waals surface area contributed by atoms with Gasteiger partial charge in [-0.2, -0.15) is 0 Å². The predicted molar refractivity (Wildman–Crippen MR) is 117 cm³/mol. The van der Waals surface area contributed by atoms with E-state index in [2.05, 4.69) is 10.6 Å². The van der Waals surface area contributed by atoms with Gasteiger partial charge in [0.15, 0.2) is 22.7 Å². The van der Waals surface area contributed by atoms with Crippen molar-refractivity contribution >= 4 is 29.2 Å². The molecule has 0 aromatic heterocycles. The molecule has 2 N–H and O–H groups in total. The van der Waals surface area contributed by atoms with Gasteiger partial charge in [-0.05, 0) is 57.6 Å². The normalized spacial score (nSPS) is 16.9. The van der Waals surface area contributed by atoms with Crippen LogP contribution in [0.5, 0.6) is 11.5 Å². The smallest absolute Gasteiger partial charge is 0.338 e. The van der Waals surface area contributed by atoms with Crippen LogP contribution in [-0.2, 0) is 14.3 Å². The van der Waals surface area contributed by atoms with Crippen LogP contribution in [0, 0.1) is 0 Å². The van der Waals surface area contributed by atoms with Gasteiger partial charge in [0, 0.05) is 19.8 Å². The highest BCUT2D eigenvalue weighted by Crippen LogP contribution is 2.35. The van der Waals surface area contributed by atoms with Crippen LogP contribution in [0.25, 0.3) is 0 Å². The monoisotopic (exact) mass is 435 g/mol. The van der Waals surface area contributed by atoms with E-state index < -0.39 is 18.1 Å². The second-order valence-corrected chi connectivity index (χ2v) is 7.33. The molecular weight excluding hydrogens is 406 g/mol. The molecule has 0 unspecified atom stereocenters. The molecule has 0 bridgehead atoms. The van der Waals surface area contributed by atoms with E-state index in [4.69, 9.17) is 26.4 Å². The van der Waals surface area contributed by atoms with Crippen molar-refractivity contribution in [3.8, 4) is 11.5 Å². The Morgan fingerprint density at radius 3 is 2.50 bits per heavy atom. The number of rotatable bonds is 8. The molecule has 8 nitrogen and oxygen atoms in total. The maximum absolute atomic E-state index is 12.6. The molecule has 0 fully saturated rings. The zero-order valence-electron chi connectivity index (χ0n) is 18.2. The molecule has 0 saturated carbocycles. The summed E-state index contributed by atoms with van der Waals surface area (Å²) in [5.41, 5.74) is 1.83. The molecule has 30 heavy (non-hydrogen) atoms.